The smallest absolute Gasteiger partial charge is 0.0580 e. The number of nitrogens with zero attached hydrogens (tertiary/aromatic N) is 3. The van der Waals surface area contributed by atoms with Crippen molar-refractivity contribution in [2.45, 2.75) is 61.3 Å². The van der Waals surface area contributed by atoms with Crippen molar-refractivity contribution < 1.29 is 0 Å². The molecule has 1 aliphatic heterocycles. The minimum Gasteiger partial charge on any atom is -0.344 e. The van der Waals surface area contributed by atoms with E-state index in [9.17, 15) is 0 Å². The normalized spacial score (nSPS) is 11.9. The van der Waals surface area contributed by atoms with E-state index in [1.165, 1.54) is 82.9 Å². The lowest BCUT2D eigenvalue weighted by Gasteiger charge is -2.11. The summed E-state index contributed by atoms with van der Waals surface area (Å²) in [6, 6.07) is 38.4. The first-order valence-corrected chi connectivity index (χ1v) is 16.9. The van der Waals surface area contributed by atoms with E-state index in [0.717, 1.165) is 0 Å². The Balaban J connectivity index is 0.000000218. The van der Waals surface area contributed by atoms with Gasteiger partial charge in [0.25, 0.3) is 0 Å². The van der Waals surface area contributed by atoms with Crippen LogP contribution in [0.25, 0.3) is 44.9 Å². The molecule has 3 heterocycles. The standard InChI is InChI=1S/C13H11N.C13H9N.C7H15N.C6H4.2C2H6.CH4/c2*1-14-12-8-4-2-6-10(12)11-7-3-5-9-13(11)14;1-2-5-8-6-3-4-7-8;1-2-4-6-5-3-1;2*1-2;/h2-9H,1H3;2,4,6-9H,1H3;2-7H2,1H3;1-4H;2*1-2H3;1H4. The number of aryl methyl sites for hydroxylation is 2. The fourth-order valence-electron chi connectivity index (χ4n) is 5.74. The molecule has 1 saturated heterocycles. The molecule has 0 spiro atoms. The molecule has 47 heavy (non-hydrogen) atoms. The highest BCUT2D eigenvalue weighted by Gasteiger charge is 2.11. The Bertz CT molecular complexity index is 1760. The van der Waals surface area contributed by atoms with Gasteiger partial charge < -0.3 is 14.0 Å². The van der Waals surface area contributed by atoms with Gasteiger partial charge in [0.05, 0.1) is 5.69 Å². The van der Waals surface area contributed by atoms with E-state index in [1.54, 1.807) is 0 Å². The van der Waals surface area contributed by atoms with Gasteiger partial charge in [-0.15, -0.1) is 0 Å². The van der Waals surface area contributed by atoms with Crippen LogP contribution in [0.15, 0.2) is 109 Å². The summed E-state index contributed by atoms with van der Waals surface area (Å²) in [5, 5.41) is 3.96. The molecule has 1 aliphatic carbocycles. The summed E-state index contributed by atoms with van der Waals surface area (Å²) in [6.45, 7) is 14.3. The Labute approximate surface area is 285 Å². The molecule has 246 valence electrons. The average Bonchev–Trinajstić information content (AvgIpc) is 3.85. The largest absolute Gasteiger partial charge is 0.344 e. The van der Waals surface area contributed by atoms with E-state index in [1.807, 2.05) is 64.1 Å². The zero-order chi connectivity index (χ0) is 33.1. The number of benzene rings is 3. The molecule has 1 fully saturated rings. The quantitative estimate of drug-likeness (QED) is 0.174. The maximum absolute atomic E-state index is 3.00. The molecular formula is C44H55N3. The van der Waals surface area contributed by atoms with Crippen molar-refractivity contribution in [2.75, 3.05) is 19.6 Å². The van der Waals surface area contributed by atoms with Crippen LogP contribution < -0.4 is 0 Å². The first-order valence-electron chi connectivity index (χ1n) is 16.9. The van der Waals surface area contributed by atoms with Gasteiger partial charge in [-0.1, -0.05) is 132 Å². The third-order valence-electron chi connectivity index (χ3n) is 7.81. The van der Waals surface area contributed by atoms with Crippen LogP contribution in [0.2, 0.25) is 0 Å². The minimum atomic E-state index is 0. The van der Waals surface area contributed by atoms with Gasteiger partial charge >= 0.3 is 0 Å². The molecule has 3 heteroatoms. The van der Waals surface area contributed by atoms with Gasteiger partial charge in [0.15, 0.2) is 0 Å². The van der Waals surface area contributed by atoms with Crippen molar-refractivity contribution in [2.24, 2.45) is 14.1 Å². The van der Waals surface area contributed by atoms with Crippen LogP contribution in [0, 0.1) is 12.1 Å². The molecule has 0 bridgehead atoms. The number of rotatable bonds is 2. The minimum absolute atomic E-state index is 0. The predicted octanol–water partition coefficient (Wildman–Crippen LogP) is 11.8. The molecule has 0 amide bonds. The van der Waals surface area contributed by atoms with Crippen LogP contribution in [0.4, 0.5) is 0 Å². The van der Waals surface area contributed by atoms with Crippen molar-refractivity contribution in [1.29, 1.82) is 0 Å². The van der Waals surface area contributed by atoms with Crippen molar-refractivity contribution in [3.63, 3.8) is 0 Å². The molecule has 4 aromatic carbocycles. The van der Waals surface area contributed by atoms with Gasteiger partial charge in [-0.2, -0.15) is 0 Å². The highest BCUT2D eigenvalue weighted by Crippen LogP contribution is 2.28. The monoisotopic (exact) mass is 625 g/mol. The van der Waals surface area contributed by atoms with Crippen LogP contribution in [-0.4, -0.2) is 33.7 Å². The fraction of sp³-hybridized carbons (Fsp3) is 0.318. The average molecular weight is 626 g/mol. The molecule has 8 rings (SSSR count). The number of likely N-dealkylation sites (tertiary alicyclic amines) is 1. The molecule has 0 radical (unpaired) electrons. The first-order chi connectivity index (χ1) is 22.7. The second-order valence-corrected chi connectivity index (χ2v) is 10.6. The summed E-state index contributed by atoms with van der Waals surface area (Å²) >= 11 is 0. The highest BCUT2D eigenvalue weighted by atomic mass is 15.1. The topological polar surface area (TPSA) is 13.1 Å². The zero-order valence-electron chi connectivity index (χ0n) is 29.0. The lowest BCUT2D eigenvalue weighted by molar-refractivity contribution is 0.339. The number of aromatic nitrogens is 2. The second-order valence-electron chi connectivity index (χ2n) is 10.6. The van der Waals surface area contributed by atoms with E-state index in [2.05, 4.69) is 131 Å². The van der Waals surface area contributed by atoms with E-state index < -0.39 is 0 Å². The number of para-hydroxylation sites is 3. The SMILES string of the molecule is C.CC.CC.CCCN1CCCC1.Cn1c2c(c3ccccc31)C=C=C=C2.Cn1c2ccccc2c2ccccc21.c1ccccc#1. The van der Waals surface area contributed by atoms with Crippen molar-refractivity contribution in [3.8, 4) is 0 Å². The van der Waals surface area contributed by atoms with E-state index in [-0.39, 0.29) is 7.43 Å². The first kappa shape index (κ1) is 38.5. The third kappa shape index (κ3) is 10.1. The summed E-state index contributed by atoms with van der Waals surface area (Å²) in [5.41, 5.74) is 12.3. The number of hydrogen-bond donors (Lipinski definition) is 0. The van der Waals surface area contributed by atoms with Gasteiger partial charge in [0.1, 0.15) is 0 Å². The predicted molar refractivity (Wildman–Crippen MR) is 209 cm³/mol. The summed E-state index contributed by atoms with van der Waals surface area (Å²) in [7, 11) is 4.20. The molecule has 6 aromatic rings. The van der Waals surface area contributed by atoms with Gasteiger partial charge in [-0.05, 0) is 75.3 Å². The molecule has 0 saturated carbocycles. The van der Waals surface area contributed by atoms with Gasteiger partial charge in [-0.3, -0.25) is 0 Å². The van der Waals surface area contributed by atoms with Gasteiger partial charge in [0.2, 0.25) is 0 Å². The summed E-state index contributed by atoms with van der Waals surface area (Å²) in [6.07, 6.45) is 8.16. The Kier molecular flexibility index (Phi) is 17.3. The third-order valence-corrected chi connectivity index (χ3v) is 7.81. The molecule has 0 atom stereocenters. The summed E-state index contributed by atoms with van der Waals surface area (Å²) in [4.78, 5) is 2.54. The summed E-state index contributed by atoms with van der Waals surface area (Å²) < 4.78 is 4.43. The lowest BCUT2D eigenvalue weighted by Crippen LogP contribution is -2.19. The van der Waals surface area contributed by atoms with Crippen LogP contribution in [-0.2, 0) is 14.1 Å². The Morgan fingerprint density at radius 3 is 1.49 bits per heavy atom. The van der Waals surface area contributed by atoms with E-state index in [0.29, 0.717) is 0 Å². The van der Waals surface area contributed by atoms with Crippen molar-refractivity contribution >= 4 is 44.9 Å². The van der Waals surface area contributed by atoms with Crippen LogP contribution in [0.5, 0.6) is 0 Å². The summed E-state index contributed by atoms with van der Waals surface area (Å²) in [5.74, 6) is 0. The molecule has 0 unspecified atom stereocenters. The van der Waals surface area contributed by atoms with Gasteiger partial charge in [0, 0.05) is 58.4 Å². The molecule has 2 aromatic heterocycles. The lowest BCUT2D eigenvalue weighted by atomic mass is 10.1. The molecule has 2 aliphatic rings. The van der Waals surface area contributed by atoms with E-state index >= 15 is 0 Å². The van der Waals surface area contributed by atoms with Crippen LogP contribution in [0.1, 0.15) is 72.6 Å². The van der Waals surface area contributed by atoms with Crippen LogP contribution >= 0.6 is 0 Å². The maximum Gasteiger partial charge on any atom is 0.0580 e. The Hall–Kier alpha value is -4.70. The fourth-order valence-corrected chi connectivity index (χ4v) is 5.74. The van der Waals surface area contributed by atoms with Crippen molar-refractivity contribution in [1.82, 2.24) is 14.0 Å². The number of fused-ring (bicyclic) bond motifs is 6. The Morgan fingerprint density at radius 1 is 0.574 bits per heavy atom. The van der Waals surface area contributed by atoms with Crippen LogP contribution in [0.3, 0.4) is 0 Å². The Morgan fingerprint density at radius 2 is 1.02 bits per heavy atom. The highest BCUT2D eigenvalue weighted by molar-refractivity contribution is 6.07. The zero-order valence-corrected chi connectivity index (χ0v) is 29.0. The second kappa shape index (κ2) is 21.2. The molecule has 0 N–H and O–H groups in total. The molecular weight excluding hydrogens is 571 g/mol. The van der Waals surface area contributed by atoms with Gasteiger partial charge in [-0.25, -0.2) is 0 Å². The molecule has 3 nitrogen and oxygen atoms in total. The van der Waals surface area contributed by atoms with E-state index in [4.69, 9.17) is 0 Å². The van der Waals surface area contributed by atoms with Crippen molar-refractivity contribution in [3.05, 3.63) is 132 Å². The number of hydrogen-bond acceptors (Lipinski definition) is 1. The maximum atomic E-state index is 3.00.